The monoisotopic (exact) mass is 488 g/mol. The van der Waals surface area contributed by atoms with Gasteiger partial charge in [0.1, 0.15) is 5.82 Å². The van der Waals surface area contributed by atoms with Crippen molar-refractivity contribution in [2.45, 2.75) is 18.3 Å². The average Bonchev–Trinajstić information content (AvgIpc) is 2.85. The number of benzene rings is 2. The molecule has 4 heterocycles. The molecule has 0 atom stereocenters. The van der Waals surface area contributed by atoms with Gasteiger partial charge in [-0.2, -0.15) is 5.26 Å². The predicted molar refractivity (Wildman–Crippen MR) is 133 cm³/mol. The van der Waals surface area contributed by atoms with E-state index in [1.54, 1.807) is 17.2 Å². The van der Waals surface area contributed by atoms with Crippen LogP contribution in [-0.2, 0) is 16.2 Å². The largest absolute Gasteiger partial charge is 0.370 e. The van der Waals surface area contributed by atoms with Gasteiger partial charge in [0.05, 0.1) is 28.3 Å². The van der Waals surface area contributed by atoms with E-state index in [-0.39, 0.29) is 17.1 Å². The van der Waals surface area contributed by atoms with Crippen LogP contribution < -0.4 is 4.90 Å². The first-order valence-electron chi connectivity index (χ1n) is 11.9. The molecule has 0 saturated carbocycles. The highest BCUT2D eigenvalue weighted by Crippen LogP contribution is 2.43. The molecule has 6 rings (SSSR count). The standard InChI is InChI=1S/C27H25FN4O2S/c28-20-6-7-23-21(12-20)24(22(13-30-23)25(33)32-15-26(16-32)17-35(34)18-26)31-10-8-27(14-29,9-11-31)19-4-2-1-3-5-19/h1-7,12-13H,8-11,15-18H2. The van der Waals surface area contributed by atoms with E-state index in [9.17, 15) is 18.7 Å². The van der Waals surface area contributed by atoms with E-state index in [1.165, 1.54) is 12.1 Å². The highest BCUT2D eigenvalue weighted by molar-refractivity contribution is 7.86. The third-order valence-corrected chi connectivity index (χ3v) is 9.65. The molecule has 3 aromatic rings. The number of nitriles is 1. The van der Waals surface area contributed by atoms with E-state index in [0.29, 0.717) is 72.7 Å². The summed E-state index contributed by atoms with van der Waals surface area (Å²) in [5.74, 6) is 0.819. The molecular formula is C27H25FN4O2S. The van der Waals surface area contributed by atoms with Gasteiger partial charge in [-0.05, 0) is 36.6 Å². The summed E-state index contributed by atoms with van der Waals surface area (Å²) < 4.78 is 25.9. The summed E-state index contributed by atoms with van der Waals surface area (Å²) in [6.45, 7) is 2.34. The van der Waals surface area contributed by atoms with Gasteiger partial charge in [0.25, 0.3) is 5.91 Å². The molecule has 1 aromatic heterocycles. The normalized spacial score (nSPS) is 20.8. The molecule has 35 heavy (non-hydrogen) atoms. The first-order valence-corrected chi connectivity index (χ1v) is 13.4. The van der Waals surface area contributed by atoms with Crippen molar-refractivity contribution < 1.29 is 13.4 Å². The van der Waals surface area contributed by atoms with Crippen molar-refractivity contribution in [2.24, 2.45) is 5.41 Å². The lowest BCUT2D eigenvalue weighted by Gasteiger charge is -2.54. The van der Waals surface area contributed by atoms with Crippen molar-refractivity contribution in [1.82, 2.24) is 9.88 Å². The van der Waals surface area contributed by atoms with Crippen molar-refractivity contribution >= 4 is 33.3 Å². The van der Waals surface area contributed by atoms with Crippen molar-refractivity contribution in [3.05, 3.63) is 71.7 Å². The molecule has 0 aliphatic carbocycles. The number of rotatable bonds is 3. The predicted octanol–water partition coefficient (Wildman–Crippen LogP) is 3.64. The Hall–Kier alpha value is -3.31. The number of aromatic nitrogens is 1. The number of hydrogen-bond donors (Lipinski definition) is 0. The molecule has 0 unspecified atom stereocenters. The fourth-order valence-electron chi connectivity index (χ4n) is 5.88. The van der Waals surface area contributed by atoms with Gasteiger partial charge in [-0.15, -0.1) is 0 Å². The van der Waals surface area contributed by atoms with Gasteiger partial charge in [0.15, 0.2) is 0 Å². The topological polar surface area (TPSA) is 77.3 Å². The molecular weight excluding hydrogens is 463 g/mol. The molecule has 6 nitrogen and oxygen atoms in total. The van der Waals surface area contributed by atoms with E-state index in [0.717, 1.165) is 5.56 Å². The van der Waals surface area contributed by atoms with Gasteiger partial charge in [0, 0.05) is 65.5 Å². The number of fused-ring (bicyclic) bond motifs is 1. The molecule has 1 amide bonds. The maximum Gasteiger partial charge on any atom is 0.257 e. The van der Waals surface area contributed by atoms with Crippen molar-refractivity contribution in [1.29, 1.82) is 5.26 Å². The number of likely N-dealkylation sites (tertiary alicyclic amines) is 1. The summed E-state index contributed by atoms with van der Waals surface area (Å²) in [6.07, 6.45) is 2.82. The molecule has 1 spiro atoms. The zero-order chi connectivity index (χ0) is 24.2. The maximum absolute atomic E-state index is 14.3. The average molecular weight is 489 g/mol. The second-order valence-corrected chi connectivity index (χ2v) is 11.6. The fraction of sp³-hybridized carbons (Fsp3) is 0.370. The summed E-state index contributed by atoms with van der Waals surface area (Å²) in [4.78, 5) is 21.9. The molecule has 178 valence electrons. The third kappa shape index (κ3) is 3.61. The van der Waals surface area contributed by atoms with E-state index in [1.807, 2.05) is 30.3 Å². The minimum Gasteiger partial charge on any atom is -0.370 e. The molecule has 0 N–H and O–H groups in total. The molecule has 2 aromatic carbocycles. The summed E-state index contributed by atoms with van der Waals surface area (Å²) in [7, 11) is -0.763. The smallest absolute Gasteiger partial charge is 0.257 e. The van der Waals surface area contributed by atoms with Crippen LogP contribution in [0.25, 0.3) is 10.9 Å². The lowest BCUT2D eigenvalue weighted by atomic mass is 9.74. The number of halogens is 1. The highest BCUT2D eigenvalue weighted by atomic mass is 32.2. The van der Waals surface area contributed by atoms with Crippen LogP contribution in [0.1, 0.15) is 28.8 Å². The van der Waals surface area contributed by atoms with Crippen LogP contribution >= 0.6 is 0 Å². The van der Waals surface area contributed by atoms with Gasteiger partial charge in [-0.3, -0.25) is 14.0 Å². The second kappa shape index (κ2) is 8.13. The Kier molecular flexibility index (Phi) is 5.15. The lowest BCUT2D eigenvalue weighted by Crippen LogP contribution is -2.68. The Balaban J connectivity index is 1.34. The molecule has 3 fully saturated rings. The Bertz CT molecular complexity index is 1380. The first kappa shape index (κ1) is 22.2. The molecule has 3 aliphatic heterocycles. The quantitative estimate of drug-likeness (QED) is 0.563. The van der Waals surface area contributed by atoms with E-state index >= 15 is 0 Å². The molecule has 0 bridgehead atoms. The van der Waals surface area contributed by atoms with Gasteiger partial charge in [-0.25, -0.2) is 4.39 Å². The minimum atomic E-state index is -0.763. The van der Waals surface area contributed by atoms with Crippen LogP contribution in [0.2, 0.25) is 0 Å². The highest BCUT2D eigenvalue weighted by Gasteiger charge is 2.53. The number of nitrogens with zero attached hydrogens (tertiary/aromatic N) is 4. The summed E-state index contributed by atoms with van der Waals surface area (Å²) in [6, 6.07) is 16.9. The van der Waals surface area contributed by atoms with Crippen molar-refractivity contribution in [2.75, 3.05) is 42.6 Å². The van der Waals surface area contributed by atoms with Crippen LogP contribution in [0, 0.1) is 22.6 Å². The van der Waals surface area contributed by atoms with Crippen molar-refractivity contribution in [3.8, 4) is 6.07 Å². The number of carbonyl (C=O) groups is 1. The number of amides is 1. The number of pyridine rings is 1. The van der Waals surface area contributed by atoms with E-state index in [4.69, 9.17) is 0 Å². The molecule has 0 radical (unpaired) electrons. The molecule has 3 aliphatic rings. The first-order chi connectivity index (χ1) is 16.9. The number of carbonyl (C=O) groups excluding carboxylic acids is 1. The Morgan fingerprint density at radius 2 is 1.80 bits per heavy atom. The fourth-order valence-corrected chi connectivity index (χ4v) is 7.53. The van der Waals surface area contributed by atoms with Crippen LogP contribution in [0.15, 0.2) is 54.7 Å². The van der Waals surface area contributed by atoms with E-state index in [2.05, 4.69) is 16.0 Å². The molecule has 8 heteroatoms. The zero-order valence-electron chi connectivity index (χ0n) is 19.2. The third-order valence-electron chi connectivity index (χ3n) is 7.78. The van der Waals surface area contributed by atoms with Crippen LogP contribution in [0.5, 0.6) is 0 Å². The maximum atomic E-state index is 14.3. The second-order valence-electron chi connectivity index (χ2n) is 10.1. The number of piperidine rings is 1. The number of anilines is 1. The van der Waals surface area contributed by atoms with Gasteiger partial charge < -0.3 is 9.80 Å². The Labute approximate surface area is 205 Å². The van der Waals surface area contributed by atoms with Crippen LogP contribution in [-0.4, -0.2) is 57.7 Å². The van der Waals surface area contributed by atoms with Crippen LogP contribution in [0.4, 0.5) is 10.1 Å². The summed E-state index contributed by atoms with van der Waals surface area (Å²) in [5, 5.41) is 10.7. The molecule has 3 saturated heterocycles. The van der Waals surface area contributed by atoms with Gasteiger partial charge in [-0.1, -0.05) is 30.3 Å². The summed E-state index contributed by atoms with van der Waals surface area (Å²) in [5.41, 5.74) is 2.21. The lowest BCUT2D eigenvalue weighted by molar-refractivity contribution is 0.0216. The number of hydrogen-bond acceptors (Lipinski definition) is 5. The SMILES string of the molecule is N#CC1(c2ccccc2)CCN(c2c(C(=O)N3CC4(C3)CS(=O)C4)cnc3ccc(F)cc23)CC1. The minimum absolute atomic E-state index is 0.00424. The summed E-state index contributed by atoms with van der Waals surface area (Å²) >= 11 is 0. The Morgan fingerprint density at radius 3 is 2.46 bits per heavy atom. The Morgan fingerprint density at radius 1 is 1.09 bits per heavy atom. The van der Waals surface area contributed by atoms with Crippen molar-refractivity contribution in [3.63, 3.8) is 0 Å². The zero-order valence-corrected chi connectivity index (χ0v) is 20.1. The van der Waals surface area contributed by atoms with Crippen LogP contribution in [0.3, 0.4) is 0 Å². The van der Waals surface area contributed by atoms with Gasteiger partial charge >= 0.3 is 0 Å². The van der Waals surface area contributed by atoms with Gasteiger partial charge in [0.2, 0.25) is 0 Å². The van der Waals surface area contributed by atoms with E-state index < -0.39 is 16.2 Å².